The molecule has 30 heavy (non-hydrogen) atoms. The van der Waals surface area contributed by atoms with Crippen LogP contribution in [0, 0.1) is 0 Å². The molecule has 3 nitrogen and oxygen atoms in total. The zero-order chi connectivity index (χ0) is 20.8. The number of carbonyl (C=O) groups excluding carboxylic acids is 1. The van der Waals surface area contributed by atoms with Gasteiger partial charge in [-0.1, -0.05) is 85.8 Å². The first-order valence-electron chi connectivity index (χ1n) is 11.0. The quantitative estimate of drug-likeness (QED) is 0.517. The molecule has 0 saturated heterocycles. The van der Waals surface area contributed by atoms with Crippen LogP contribution in [0.15, 0.2) is 78.9 Å². The molecule has 0 aliphatic heterocycles. The van der Waals surface area contributed by atoms with Crippen LogP contribution >= 0.6 is 0 Å². The number of nitrogens with one attached hydrogen (secondary N) is 2. The average molecular weight is 399 g/mol. The molecule has 1 aliphatic rings. The lowest BCUT2D eigenvalue weighted by molar-refractivity contribution is 0.234. The highest BCUT2D eigenvalue weighted by Gasteiger charge is 2.20. The van der Waals surface area contributed by atoms with Crippen molar-refractivity contribution in [1.82, 2.24) is 10.6 Å². The molecule has 0 spiro atoms. The number of benzene rings is 3. The summed E-state index contributed by atoms with van der Waals surface area (Å²) in [5, 5.41) is 6.41. The predicted molar refractivity (Wildman–Crippen MR) is 123 cm³/mol. The number of rotatable bonds is 6. The minimum atomic E-state index is -0.187. The van der Waals surface area contributed by atoms with E-state index >= 15 is 0 Å². The fraction of sp³-hybridized carbons (Fsp3) is 0.296. The van der Waals surface area contributed by atoms with E-state index in [0.29, 0.717) is 0 Å². The summed E-state index contributed by atoms with van der Waals surface area (Å²) in [6, 6.07) is 26.6. The lowest BCUT2D eigenvalue weighted by atomic mass is 9.89. The fourth-order valence-electron chi connectivity index (χ4n) is 4.37. The number of fused-ring (bicyclic) bond motifs is 1. The molecule has 2 N–H and O–H groups in total. The molecule has 2 amide bonds. The molecular formula is C27H30N2O. The molecule has 4 rings (SSSR count). The molecule has 1 unspecified atom stereocenters. The van der Waals surface area contributed by atoms with Gasteiger partial charge < -0.3 is 10.6 Å². The van der Waals surface area contributed by atoms with Crippen molar-refractivity contribution in [3.8, 4) is 0 Å². The molecule has 3 aromatic carbocycles. The van der Waals surface area contributed by atoms with Crippen molar-refractivity contribution >= 4 is 6.03 Å². The highest BCUT2D eigenvalue weighted by Crippen LogP contribution is 2.26. The van der Waals surface area contributed by atoms with Crippen molar-refractivity contribution < 1.29 is 4.79 Å². The maximum atomic E-state index is 13.0. The SMILES string of the molecule is CCC(NC(=O)NC(c1ccccc1)c1ccccc1)c1ccc2c(c1)CCCC2. The van der Waals surface area contributed by atoms with Crippen LogP contribution in [0.2, 0.25) is 0 Å². The largest absolute Gasteiger partial charge is 0.331 e. The van der Waals surface area contributed by atoms with E-state index in [9.17, 15) is 4.79 Å². The first-order valence-corrected chi connectivity index (χ1v) is 11.0. The van der Waals surface area contributed by atoms with E-state index in [0.717, 1.165) is 24.0 Å². The lowest BCUT2D eigenvalue weighted by Crippen LogP contribution is -2.40. The van der Waals surface area contributed by atoms with E-state index in [4.69, 9.17) is 0 Å². The first-order chi connectivity index (χ1) is 14.7. The monoisotopic (exact) mass is 398 g/mol. The molecule has 3 heteroatoms. The standard InChI is InChI=1S/C27H30N2O/c1-2-25(24-18-17-20-11-9-10-16-23(20)19-24)28-27(30)29-26(21-12-5-3-6-13-21)22-14-7-4-8-15-22/h3-8,12-15,17-19,25-26H,2,9-11,16H2,1H3,(H2,28,29,30). The molecule has 3 aromatic rings. The Kier molecular flexibility index (Phi) is 6.48. The van der Waals surface area contributed by atoms with E-state index in [1.165, 1.54) is 36.0 Å². The molecule has 0 radical (unpaired) electrons. The summed E-state index contributed by atoms with van der Waals surface area (Å²) in [5.41, 5.74) is 6.26. The highest BCUT2D eigenvalue weighted by atomic mass is 16.2. The summed E-state index contributed by atoms with van der Waals surface area (Å²) >= 11 is 0. The number of hydrogen-bond acceptors (Lipinski definition) is 1. The van der Waals surface area contributed by atoms with Gasteiger partial charge in [0.25, 0.3) is 0 Å². The Labute approximate surface area is 179 Å². The van der Waals surface area contributed by atoms with Gasteiger partial charge in [0.1, 0.15) is 0 Å². The van der Waals surface area contributed by atoms with E-state index < -0.39 is 0 Å². The van der Waals surface area contributed by atoms with Crippen LogP contribution in [0.4, 0.5) is 4.79 Å². The second-order valence-electron chi connectivity index (χ2n) is 8.07. The molecule has 0 fully saturated rings. The van der Waals surface area contributed by atoms with Gasteiger partial charge in [-0.15, -0.1) is 0 Å². The maximum absolute atomic E-state index is 13.0. The predicted octanol–water partition coefficient (Wildman–Crippen LogP) is 6.11. The van der Waals surface area contributed by atoms with Gasteiger partial charge in [-0.2, -0.15) is 0 Å². The zero-order valence-corrected chi connectivity index (χ0v) is 17.6. The average Bonchev–Trinajstić information content (AvgIpc) is 2.82. The molecule has 1 aliphatic carbocycles. The second kappa shape index (κ2) is 9.62. The third kappa shape index (κ3) is 4.73. The van der Waals surface area contributed by atoms with Crippen LogP contribution in [0.3, 0.4) is 0 Å². The van der Waals surface area contributed by atoms with Crippen molar-refractivity contribution in [2.24, 2.45) is 0 Å². The van der Waals surface area contributed by atoms with Gasteiger partial charge in [0.15, 0.2) is 0 Å². The smallest absolute Gasteiger partial charge is 0.316 e. The Morgan fingerprint density at radius 1 is 0.767 bits per heavy atom. The molecule has 0 bridgehead atoms. The summed E-state index contributed by atoms with van der Waals surface area (Å²) in [7, 11) is 0. The van der Waals surface area contributed by atoms with E-state index in [2.05, 4.69) is 60.0 Å². The molecule has 0 aromatic heterocycles. The number of hydrogen-bond donors (Lipinski definition) is 2. The van der Waals surface area contributed by atoms with Crippen molar-refractivity contribution in [2.75, 3.05) is 0 Å². The summed E-state index contributed by atoms with van der Waals surface area (Å²) in [6.45, 7) is 2.12. The fourth-order valence-corrected chi connectivity index (χ4v) is 4.37. The van der Waals surface area contributed by atoms with Crippen LogP contribution in [0.5, 0.6) is 0 Å². The summed E-state index contributed by atoms with van der Waals surface area (Å²) in [6.07, 6.45) is 5.72. The zero-order valence-electron chi connectivity index (χ0n) is 17.6. The third-order valence-electron chi connectivity index (χ3n) is 6.03. The molecule has 0 saturated carbocycles. The number of urea groups is 1. The van der Waals surface area contributed by atoms with Crippen molar-refractivity contribution in [3.05, 3.63) is 107 Å². The Hall–Kier alpha value is -3.07. The summed E-state index contributed by atoms with van der Waals surface area (Å²) < 4.78 is 0. The van der Waals surface area contributed by atoms with E-state index in [1.807, 2.05) is 36.4 Å². The Morgan fingerprint density at radius 2 is 1.37 bits per heavy atom. The third-order valence-corrected chi connectivity index (χ3v) is 6.03. The Balaban J connectivity index is 1.51. The number of aryl methyl sites for hydroxylation is 2. The van der Waals surface area contributed by atoms with Gasteiger partial charge in [-0.05, 0) is 59.9 Å². The first kappa shape index (κ1) is 20.2. The number of amides is 2. The molecular weight excluding hydrogens is 368 g/mol. The van der Waals surface area contributed by atoms with Crippen molar-refractivity contribution in [1.29, 1.82) is 0 Å². The maximum Gasteiger partial charge on any atom is 0.316 e. The van der Waals surface area contributed by atoms with Gasteiger partial charge in [-0.3, -0.25) is 0 Å². The number of carbonyl (C=O) groups is 1. The van der Waals surface area contributed by atoms with E-state index in [1.54, 1.807) is 0 Å². The van der Waals surface area contributed by atoms with Crippen LogP contribution in [0.1, 0.15) is 66.1 Å². The minimum Gasteiger partial charge on any atom is -0.331 e. The lowest BCUT2D eigenvalue weighted by Gasteiger charge is -2.24. The summed E-state index contributed by atoms with van der Waals surface area (Å²) in [4.78, 5) is 13.0. The summed E-state index contributed by atoms with van der Waals surface area (Å²) in [5.74, 6) is 0. The second-order valence-corrected chi connectivity index (χ2v) is 8.07. The van der Waals surface area contributed by atoms with Crippen LogP contribution in [-0.2, 0) is 12.8 Å². The van der Waals surface area contributed by atoms with Crippen molar-refractivity contribution in [2.45, 2.75) is 51.1 Å². The van der Waals surface area contributed by atoms with Gasteiger partial charge >= 0.3 is 6.03 Å². The molecule has 0 heterocycles. The normalized spacial score (nSPS) is 14.1. The van der Waals surface area contributed by atoms with E-state index in [-0.39, 0.29) is 18.1 Å². The Bertz CT molecular complexity index is 929. The Morgan fingerprint density at radius 3 is 1.97 bits per heavy atom. The van der Waals surface area contributed by atoms with Crippen LogP contribution in [-0.4, -0.2) is 6.03 Å². The van der Waals surface area contributed by atoms with Gasteiger partial charge in [-0.25, -0.2) is 4.79 Å². The highest BCUT2D eigenvalue weighted by molar-refractivity contribution is 5.75. The van der Waals surface area contributed by atoms with Crippen LogP contribution in [0.25, 0.3) is 0 Å². The molecule has 154 valence electrons. The van der Waals surface area contributed by atoms with Gasteiger partial charge in [0.05, 0.1) is 12.1 Å². The van der Waals surface area contributed by atoms with Crippen LogP contribution < -0.4 is 10.6 Å². The van der Waals surface area contributed by atoms with Gasteiger partial charge in [0.2, 0.25) is 0 Å². The molecule has 1 atom stereocenters. The minimum absolute atomic E-state index is 0.00410. The van der Waals surface area contributed by atoms with Crippen molar-refractivity contribution in [3.63, 3.8) is 0 Å². The van der Waals surface area contributed by atoms with Gasteiger partial charge in [0, 0.05) is 0 Å². The topological polar surface area (TPSA) is 41.1 Å².